The normalized spacial score (nSPS) is 10.6. The number of rotatable bonds is 5. The Morgan fingerprint density at radius 2 is 2.05 bits per heavy atom. The molecular formula is C14H12BrN3O4. The highest BCUT2D eigenvalue weighted by molar-refractivity contribution is 9.10. The fourth-order valence-corrected chi connectivity index (χ4v) is 2.12. The van der Waals surface area contributed by atoms with Gasteiger partial charge in [-0.3, -0.25) is 15.5 Å². The Hall–Kier alpha value is -2.61. The van der Waals surface area contributed by atoms with Crippen LogP contribution in [0.5, 0.6) is 11.5 Å². The number of nitrogens with one attached hydrogen (secondary N) is 1. The van der Waals surface area contributed by atoms with E-state index in [1.54, 1.807) is 24.3 Å². The number of hydrazone groups is 1. The molecule has 0 aliphatic rings. The second kappa shape index (κ2) is 6.90. The number of nitrogens with zero attached hydrogens (tertiary/aromatic N) is 2. The third-order valence-electron chi connectivity index (χ3n) is 2.76. The van der Waals surface area contributed by atoms with Gasteiger partial charge >= 0.3 is 0 Å². The Kier molecular flexibility index (Phi) is 4.95. The Morgan fingerprint density at radius 3 is 2.64 bits per heavy atom. The van der Waals surface area contributed by atoms with E-state index >= 15 is 0 Å². The van der Waals surface area contributed by atoms with E-state index in [0.29, 0.717) is 21.5 Å². The van der Waals surface area contributed by atoms with Gasteiger partial charge in [-0.05, 0) is 45.8 Å². The van der Waals surface area contributed by atoms with Crippen molar-refractivity contribution in [2.45, 2.75) is 0 Å². The number of aromatic hydroxyl groups is 1. The van der Waals surface area contributed by atoms with Crippen LogP contribution >= 0.6 is 15.9 Å². The Labute approximate surface area is 134 Å². The zero-order chi connectivity index (χ0) is 16.1. The molecule has 0 radical (unpaired) electrons. The minimum absolute atomic E-state index is 0.0155. The van der Waals surface area contributed by atoms with Crippen molar-refractivity contribution in [1.29, 1.82) is 0 Å². The minimum atomic E-state index is -0.465. The highest BCUT2D eigenvalue weighted by atomic mass is 79.9. The first-order valence-electron chi connectivity index (χ1n) is 6.11. The molecule has 0 heterocycles. The lowest BCUT2D eigenvalue weighted by Gasteiger charge is -2.06. The SMILES string of the molecule is COc1cc(C=NNc2ccc([N+](=O)[O-])cc2)cc(Br)c1O. The highest BCUT2D eigenvalue weighted by Gasteiger charge is 2.07. The smallest absolute Gasteiger partial charge is 0.269 e. The molecule has 0 fully saturated rings. The zero-order valence-electron chi connectivity index (χ0n) is 11.5. The average molecular weight is 366 g/mol. The van der Waals surface area contributed by atoms with Crippen LogP contribution in [0.1, 0.15) is 5.56 Å². The van der Waals surface area contributed by atoms with Gasteiger partial charge in [0.15, 0.2) is 11.5 Å². The second-order valence-corrected chi connectivity index (χ2v) is 5.08. The van der Waals surface area contributed by atoms with Crippen molar-refractivity contribution >= 4 is 33.5 Å². The van der Waals surface area contributed by atoms with Gasteiger partial charge in [-0.1, -0.05) is 0 Å². The molecule has 0 unspecified atom stereocenters. The quantitative estimate of drug-likeness (QED) is 0.480. The lowest BCUT2D eigenvalue weighted by atomic mass is 10.2. The minimum Gasteiger partial charge on any atom is -0.503 e. The van der Waals surface area contributed by atoms with Crippen molar-refractivity contribution in [2.24, 2.45) is 5.10 Å². The molecule has 0 aliphatic carbocycles. The van der Waals surface area contributed by atoms with E-state index in [4.69, 9.17) is 4.74 Å². The molecule has 2 aromatic rings. The van der Waals surface area contributed by atoms with Crippen LogP contribution in [0.2, 0.25) is 0 Å². The molecule has 0 aliphatic heterocycles. The number of phenolic OH excluding ortho intramolecular Hbond substituents is 1. The van der Waals surface area contributed by atoms with Crippen LogP contribution in [0.15, 0.2) is 46.0 Å². The number of hydrogen-bond acceptors (Lipinski definition) is 6. The predicted octanol–water partition coefficient (Wildman–Crippen LogP) is 3.52. The van der Waals surface area contributed by atoms with Crippen LogP contribution in [-0.4, -0.2) is 23.4 Å². The van der Waals surface area contributed by atoms with E-state index < -0.39 is 4.92 Å². The maximum Gasteiger partial charge on any atom is 0.269 e. The third kappa shape index (κ3) is 3.73. The standard InChI is InChI=1S/C14H12BrN3O4/c1-22-13-7-9(6-12(15)14(13)19)8-16-17-10-2-4-11(5-3-10)18(20)21/h2-8,17,19H,1H3. The lowest BCUT2D eigenvalue weighted by molar-refractivity contribution is -0.384. The number of phenols is 1. The number of methoxy groups -OCH3 is 1. The van der Waals surface area contributed by atoms with Gasteiger partial charge in [0.05, 0.1) is 28.4 Å². The summed E-state index contributed by atoms with van der Waals surface area (Å²) in [6.07, 6.45) is 1.54. The van der Waals surface area contributed by atoms with Gasteiger partial charge in [0.1, 0.15) is 0 Å². The van der Waals surface area contributed by atoms with Gasteiger partial charge in [-0.25, -0.2) is 0 Å². The summed E-state index contributed by atoms with van der Waals surface area (Å²) in [7, 11) is 1.46. The van der Waals surface area contributed by atoms with Crippen LogP contribution in [0.4, 0.5) is 11.4 Å². The predicted molar refractivity (Wildman–Crippen MR) is 86.7 cm³/mol. The topological polar surface area (TPSA) is 97.0 Å². The summed E-state index contributed by atoms with van der Waals surface area (Å²) in [4.78, 5) is 10.1. The van der Waals surface area contributed by atoms with Crippen molar-refractivity contribution in [3.05, 3.63) is 56.5 Å². The Balaban J connectivity index is 2.09. The average Bonchev–Trinajstić information content (AvgIpc) is 2.51. The van der Waals surface area contributed by atoms with Crippen LogP contribution in [-0.2, 0) is 0 Å². The molecule has 22 heavy (non-hydrogen) atoms. The highest BCUT2D eigenvalue weighted by Crippen LogP contribution is 2.34. The zero-order valence-corrected chi connectivity index (χ0v) is 13.1. The molecule has 0 spiro atoms. The first-order valence-corrected chi connectivity index (χ1v) is 6.90. The summed E-state index contributed by atoms with van der Waals surface area (Å²) in [6, 6.07) is 9.20. The number of hydrogen-bond donors (Lipinski definition) is 2. The van der Waals surface area contributed by atoms with Gasteiger partial charge < -0.3 is 9.84 Å². The monoisotopic (exact) mass is 365 g/mol. The Morgan fingerprint density at radius 1 is 1.36 bits per heavy atom. The molecular weight excluding hydrogens is 354 g/mol. The van der Waals surface area contributed by atoms with Crippen molar-refractivity contribution in [1.82, 2.24) is 0 Å². The molecule has 0 amide bonds. The van der Waals surface area contributed by atoms with E-state index in [-0.39, 0.29) is 11.4 Å². The molecule has 7 nitrogen and oxygen atoms in total. The van der Waals surface area contributed by atoms with E-state index in [0.717, 1.165) is 0 Å². The molecule has 0 saturated heterocycles. The number of anilines is 1. The largest absolute Gasteiger partial charge is 0.503 e. The molecule has 0 aromatic heterocycles. The van der Waals surface area contributed by atoms with Crippen LogP contribution in [0, 0.1) is 10.1 Å². The van der Waals surface area contributed by atoms with Gasteiger partial charge in [0, 0.05) is 12.1 Å². The second-order valence-electron chi connectivity index (χ2n) is 4.23. The van der Waals surface area contributed by atoms with Gasteiger partial charge in [-0.2, -0.15) is 5.10 Å². The van der Waals surface area contributed by atoms with E-state index in [2.05, 4.69) is 26.5 Å². The van der Waals surface area contributed by atoms with Gasteiger partial charge in [-0.15, -0.1) is 0 Å². The van der Waals surface area contributed by atoms with E-state index in [9.17, 15) is 15.2 Å². The maximum atomic E-state index is 10.5. The summed E-state index contributed by atoms with van der Waals surface area (Å²) in [5.74, 6) is 0.342. The molecule has 0 bridgehead atoms. The molecule has 2 aromatic carbocycles. The number of nitro benzene ring substituents is 1. The molecule has 0 saturated carbocycles. The fourth-order valence-electron chi connectivity index (χ4n) is 1.66. The Bertz CT molecular complexity index is 717. The van der Waals surface area contributed by atoms with Crippen LogP contribution in [0.25, 0.3) is 0 Å². The molecule has 2 N–H and O–H groups in total. The van der Waals surface area contributed by atoms with Crippen molar-refractivity contribution < 1.29 is 14.8 Å². The number of ether oxygens (including phenoxy) is 1. The summed E-state index contributed by atoms with van der Waals surface area (Å²) in [6.45, 7) is 0. The lowest BCUT2D eigenvalue weighted by Crippen LogP contribution is -1.93. The first kappa shape index (κ1) is 15.8. The molecule has 2 rings (SSSR count). The van der Waals surface area contributed by atoms with Crippen LogP contribution in [0.3, 0.4) is 0 Å². The number of benzene rings is 2. The summed E-state index contributed by atoms with van der Waals surface area (Å²) >= 11 is 3.22. The van der Waals surface area contributed by atoms with Gasteiger partial charge in [0.25, 0.3) is 5.69 Å². The maximum absolute atomic E-state index is 10.5. The molecule has 114 valence electrons. The van der Waals surface area contributed by atoms with Gasteiger partial charge in [0.2, 0.25) is 0 Å². The third-order valence-corrected chi connectivity index (χ3v) is 3.36. The fraction of sp³-hybridized carbons (Fsp3) is 0.0714. The number of nitro groups is 1. The number of halogens is 1. The van der Waals surface area contributed by atoms with Crippen LogP contribution < -0.4 is 10.2 Å². The van der Waals surface area contributed by atoms with E-state index in [1.807, 2.05) is 0 Å². The first-order chi connectivity index (χ1) is 10.5. The summed E-state index contributed by atoms with van der Waals surface area (Å²) in [5, 5.41) is 24.3. The summed E-state index contributed by atoms with van der Waals surface area (Å²) < 4.78 is 5.53. The number of non-ortho nitro benzene ring substituents is 1. The molecule has 8 heteroatoms. The summed E-state index contributed by atoms with van der Waals surface area (Å²) in [5.41, 5.74) is 4.10. The molecule has 0 atom stereocenters. The van der Waals surface area contributed by atoms with Crippen molar-refractivity contribution in [3.63, 3.8) is 0 Å². The van der Waals surface area contributed by atoms with E-state index in [1.165, 1.54) is 25.5 Å². The van der Waals surface area contributed by atoms with Crippen molar-refractivity contribution in [2.75, 3.05) is 12.5 Å². The van der Waals surface area contributed by atoms with Crippen molar-refractivity contribution in [3.8, 4) is 11.5 Å².